The van der Waals surface area contributed by atoms with Crippen LogP contribution < -0.4 is 0 Å². The highest BCUT2D eigenvalue weighted by molar-refractivity contribution is 6.23. The van der Waals surface area contributed by atoms with Gasteiger partial charge in [0.15, 0.2) is 0 Å². The van der Waals surface area contributed by atoms with E-state index in [-0.39, 0.29) is 45.7 Å². The molecule has 0 fully saturated rings. The molecule has 0 radical (unpaired) electrons. The van der Waals surface area contributed by atoms with Crippen LogP contribution in [-0.2, 0) is 5.41 Å². The maximum Gasteiger partial charge on any atom is 0.136 e. The van der Waals surface area contributed by atoms with Gasteiger partial charge in [-0.25, -0.2) is 0 Å². The van der Waals surface area contributed by atoms with Crippen LogP contribution in [0.15, 0.2) is 150 Å². The summed E-state index contributed by atoms with van der Waals surface area (Å²) in [5.74, 6) is 0. The standard InChI is InChI=1S/C45H30O/c1-45(2)39-21-10-9-14-30(39)35-19-11-20-36(44(35)45)43-33-17-7-5-15-31(33)42(32-16-6-8-18-34(32)43)29-22-23-40-37(25-29)38-24-27-12-3-4-13-28(27)26-41(38)46-40/h3-26H,1-2H3/i5D,6D,7D,8D,15D,16D,17D,18D. The lowest BCUT2D eigenvalue weighted by molar-refractivity contribution is 0.662. The van der Waals surface area contributed by atoms with Gasteiger partial charge in [-0.2, -0.15) is 0 Å². The first-order chi connectivity index (χ1) is 25.9. The van der Waals surface area contributed by atoms with Gasteiger partial charge >= 0.3 is 0 Å². The van der Waals surface area contributed by atoms with Crippen LogP contribution in [0.2, 0.25) is 0 Å². The summed E-state index contributed by atoms with van der Waals surface area (Å²) in [4.78, 5) is 0. The summed E-state index contributed by atoms with van der Waals surface area (Å²) < 4.78 is 79.8. The third kappa shape index (κ3) is 3.40. The predicted octanol–water partition coefficient (Wildman–Crippen LogP) is 12.7. The van der Waals surface area contributed by atoms with Gasteiger partial charge in [0, 0.05) is 16.2 Å². The van der Waals surface area contributed by atoms with Crippen LogP contribution in [-0.4, -0.2) is 0 Å². The van der Waals surface area contributed by atoms with Crippen molar-refractivity contribution >= 4 is 54.3 Å². The van der Waals surface area contributed by atoms with Crippen molar-refractivity contribution in [2.24, 2.45) is 0 Å². The topological polar surface area (TPSA) is 13.1 Å². The van der Waals surface area contributed by atoms with Gasteiger partial charge in [-0.1, -0.05) is 135 Å². The second kappa shape index (κ2) is 9.19. The summed E-state index contributed by atoms with van der Waals surface area (Å²) in [5.41, 5.74) is 6.73. The van der Waals surface area contributed by atoms with Gasteiger partial charge in [0.05, 0.1) is 11.0 Å². The van der Waals surface area contributed by atoms with Gasteiger partial charge in [-0.05, 0) is 101 Å². The quantitative estimate of drug-likeness (QED) is 0.181. The van der Waals surface area contributed by atoms with Crippen LogP contribution in [0.5, 0.6) is 0 Å². The van der Waals surface area contributed by atoms with E-state index in [1.165, 1.54) is 0 Å². The fraction of sp³-hybridized carbons (Fsp3) is 0.0667. The molecule has 0 aliphatic heterocycles. The summed E-state index contributed by atoms with van der Waals surface area (Å²) in [6.45, 7) is 4.25. The average molecular weight is 595 g/mol. The minimum Gasteiger partial charge on any atom is -0.456 e. The first kappa shape index (κ1) is 19.0. The summed E-state index contributed by atoms with van der Waals surface area (Å²) in [6, 6.07) is 28.8. The maximum atomic E-state index is 9.49. The Morgan fingerprint density at radius 2 is 1.09 bits per heavy atom. The second-order valence-electron chi connectivity index (χ2n) is 12.7. The first-order valence-electron chi connectivity index (χ1n) is 19.4. The largest absolute Gasteiger partial charge is 0.456 e. The van der Waals surface area contributed by atoms with Crippen molar-refractivity contribution in [3.05, 3.63) is 157 Å². The lowest BCUT2D eigenvalue weighted by Gasteiger charge is -2.26. The molecule has 1 aliphatic carbocycles. The van der Waals surface area contributed by atoms with E-state index in [1.54, 1.807) is 6.07 Å². The summed E-state index contributed by atoms with van der Waals surface area (Å²) in [5, 5.41) is 4.49. The van der Waals surface area contributed by atoms with E-state index in [0.717, 1.165) is 43.8 Å². The third-order valence-electron chi connectivity index (χ3n) is 9.85. The van der Waals surface area contributed by atoms with Crippen LogP contribution in [0.25, 0.3) is 87.6 Å². The molecule has 10 rings (SSSR count). The van der Waals surface area contributed by atoms with Gasteiger partial charge in [0.2, 0.25) is 0 Å². The number of hydrogen-bond acceptors (Lipinski definition) is 1. The Morgan fingerprint density at radius 1 is 0.500 bits per heavy atom. The van der Waals surface area contributed by atoms with Gasteiger partial charge in [0.1, 0.15) is 11.2 Å². The molecule has 0 atom stereocenters. The summed E-state index contributed by atoms with van der Waals surface area (Å²) in [6.07, 6.45) is 0. The number of rotatable bonds is 2. The van der Waals surface area contributed by atoms with E-state index < -0.39 is 29.6 Å². The highest BCUT2D eigenvalue weighted by atomic mass is 16.3. The first-order valence-corrected chi connectivity index (χ1v) is 15.4. The highest BCUT2D eigenvalue weighted by Crippen LogP contribution is 2.54. The Morgan fingerprint density at radius 3 is 1.83 bits per heavy atom. The maximum absolute atomic E-state index is 9.49. The Hall–Kier alpha value is -5.66. The minimum atomic E-state index is -0.534. The average Bonchev–Trinajstić information content (AvgIpc) is 3.65. The second-order valence-corrected chi connectivity index (χ2v) is 12.7. The predicted molar refractivity (Wildman–Crippen MR) is 195 cm³/mol. The van der Waals surface area contributed by atoms with Crippen LogP contribution in [0.3, 0.4) is 0 Å². The normalized spacial score (nSPS) is 16.0. The van der Waals surface area contributed by atoms with Crippen molar-refractivity contribution in [2.75, 3.05) is 0 Å². The van der Waals surface area contributed by atoms with Crippen LogP contribution >= 0.6 is 0 Å². The molecule has 1 heterocycles. The number of benzene rings is 8. The van der Waals surface area contributed by atoms with Crippen LogP contribution in [0.4, 0.5) is 0 Å². The lowest BCUT2D eigenvalue weighted by atomic mass is 9.77. The van der Waals surface area contributed by atoms with Crippen molar-refractivity contribution in [1.82, 2.24) is 0 Å². The van der Waals surface area contributed by atoms with Gasteiger partial charge in [-0.3, -0.25) is 0 Å². The molecule has 9 aromatic rings. The SMILES string of the molecule is [2H]c1c([2H])c([2H])c2c(-c3cccc4c3C(C)(C)c3ccccc3-4)c3c([2H])c([2H])c([2H])c([2H])c3c(-c3ccc4oc5cc6ccccc6cc5c4c3)c2c1[2H]. The van der Waals surface area contributed by atoms with Crippen molar-refractivity contribution in [3.8, 4) is 33.4 Å². The Bertz CT molecular complexity index is 3090. The summed E-state index contributed by atoms with van der Waals surface area (Å²) >= 11 is 0. The van der Waals surface area contributed by atoms with Crippen molar-refractivity contribution in [1.29, 1.82) is 0 Å². The van der Waals surface area contributed by atoms with Gasteiger partial charge in [-0.15, -0.1) is 0 Å². The monoisotopic (exact) mass is 594 g/mol. The molecule has 0 bridgehead atoms. The number of hydrogen-bond donors (Lipinski definition) is 0. The molecule has 0 amide bonds. The number of fused-ring (bicyclic) bond motifs is 9. The van der Waals surface area contributed by atoms with Crippen molar-refractivity contribution < 1.29 is 15.4 Å². The zero-order valence-corrected chi connectivity index (χ0v) is 25.1. The van der Waals surface area contributed by atoms with E-state index in [1.807, 2.05) is 72.8 Å². The van der Waals surface area contributed by atoms with Gasteiger partial charge in [0.25, 0.3) is 0 Å². The molecular formula is C45H30O. The van der Waals surface area contributed by atoms with Gasteiger partial charge < -0.3 is 4.42 Å². The van der Waals surface area contributed by atoms with Crippen molar-refractivity contribution in [3.63, 3.8) is 0 Å². The Kier molecular flexibility index (Phi) is 3.79. The van der Waals surface area contributed by atoms with Crippen LogP contribution in [0.1, 0.15) is 35.9 Å². The number of furan rings is 1. The third-order valence-corrected chi connectivity index (χ3v) is 9.85. The van der Waals surface area contributed by atoms with E-state index in [9.17, 15) is 5.48 Å². The Labute approximate surface area is 278 Å². The molecule has 0 saturated carbocycles. The molecule has 0 saturated heterocycles. The molecule has 8 aromatic carbocycles. The van der Waals surface area contributed by atoms with Crippen molar-refractivity contribution in [2.45, 2.75) is 19.3 Å². The molecule has 1 heteroatoms. The Balaban J connectivity index is 1.43. The molecule has 0 N–H and O–H groups in total. The molecule has 216 valence electrons. The van der Waals surface area contributed by atoms with E-state index in [4.69, 9.17) is 9.90 Å². The van der Waals surface area contributed by atoms with E-state index in [2.05, 4.69) is 32.0 Å². The lowest BCUT2D eigenvalue weighted by Crippen LogP contribution is -2.16. The molecule has 1 aliphatic rings. The molecular weight excluding hydrogens is 556 g/mol. The fourth-order valence-corrected chi connectivity index (χ4v) is 7.86. The summed E-state index contributed by atoms with van der Waals surface area (Å²) in [7, 11) is 0. The van der Waals surface area contributed by atoms with E-state index >= 15 is 0 Å². The zero-order chi connectivity index (χ0) is 37.5. The minimum absolute atomic E-state index is 0.192. The molecule has 0 unspecified atom stereocenters. The zero-order valence-electron chi connectivity index (χ0n) is 33.1. The fourth-order valence-electron chi connectivity index (χ4n) is 7.86. The molecule has 1 nitrogen and oxygen atoms in total. The van der Waals surface area contributed by atoms with Crippen LogP contribution in [0, 0.1) is 0 Å². The highest BCUT2D eigenvalue weighted by Gasteiger charge is 2.37. The molecule has 0 spiro atoms. The van der Waals surface area contributed by atoms with E-state index in [0.29, 0.717) is 33.4 Å². The molecule has 46 heavy (non-hydrogen) atoms. The molecule has 1 aromatic heterocycles. The smallest absolute Gasteiger partial charge is 0.136 e.